The Bertz CT molecular complexity index is 707. The summed E-state index contributed by atoms with van der Waals surface area (Å²) in [5, 5.41) is 0. The van der Waals surface area contributed by atoms with Gasteiger partial charge in [-0.25, -0.2) is 4.98 Å². The van der Waals surface area contributed by atoms with Crippen molar-refractivity contribution in [1.29, 1.82) is 0 Å². The summed E-state index contributed by atoms with van der Waals surface area (Å²) in [7, 11) is 0. The van der Waals surface area contributed by atoms with Gasteiger partial charge in [-0.2, -0.15) is 8.78 Å². The van der Waals surface area contributed by atoms with Crippen LogP contribution in [0.3, 0.4) is 0 Å². The second-order valence-electron chi connectivity index (χ2n) is 6.26. The number of nitrogens with zero attached hydrogens (tertiary/aromatic N) is 2. The lowest BCUT2D eigenvalue weighted by atomic mass is 10.1. The molecule has 26 heavy (non-hydrogen) atoms. The van der Waals surface area contributed by atoms with E-state index in [1.54, 1.807) is 6.07 Å². The molecule has 0 aliphatic carbocycles. The van der Waals surface area contributed by atoms with E-state index < -0.39 is 6.11 Å². The second-order valence-corrected chi connectivity index (χ2v) is 6.26. The Morgan fingerprint density at radius 3 is 2.73 bits per heavy atom. The van der Waals surface area contributed by atoms with E-state index in [4.69, 9.17) is 10.5 Å². The molecule has 0 spiro atoms. The molecule has 2 aromatic rings. The van der Waals surface area contributed by atoms with Gasteiger partial charge in [0.25, 0.3) is 0 Å². The summed E-state index contributed by atoms with van der Waals surface area (Å²) >= 11 is 0. The van der Waals surface area contributed by atoms with Gasteiger partial charge in [0, 0.05) is 26.1 Å². The number of hydrogen-bond donors (Lipinski definition) is 1. The van der Waals surface area contributed by atoms with Gasteiger partial charge in [0.1, 0.15) is 11.6 Å². The molecule has 1 saturated heterocycles. The zero-order valence-electron chi connectivity index (χ0n) is 16.0. The molecule has 0 radical (unpaired) electrons. The number of aromatic nitrogens is 2. The summed E-state index contributed by atoms with van der Waals surface area (Å²) in [6.07, 6.45) is -0.449. The van der Waals surface area contributed by atoms with Crippen molar-refractivity contribution in [3.8, 4) is 5.75 Å². The van der Waals surface area contributed by atoms with Crippen molar-refractivity contribution in [3.05, 3.63) is 24.0 Å². The van der Waals surface area contributed by atoms with Gasteiger partial charge in [-0.15, -0.1) is 0 Å². The zero-order valence-corrected chi connectivity index (χ0v) is 16.0. The molecular weight excluding hydrogens is 340 g/mol. The van der Waals surface area contributed by atoms with Crippen LogP contribution in [0.1, 0.15) is 58.8 Å². The molecule has 146 valence electrons. The van der Waals surface area contributed by atoms with Crippen LogP contribution in [-0.4, -0.2) is 28.4 Å². The fraction of sp³-hybridized carbons (Fsp3) is 0.632. The minimum Gasteiger partial charge on any atom is -0.433 e. The molecule has 5 nitrogen and oxygen atoms in total. The second kappa shape index (κ2) is 8.77. The number of benzene rings is 1. The van der Waals surface area contributed by atoms with Gasteiger partial charge in [0.05, 0.1) is 23.2 Å². The third kappa shape index (κ3) is 4.71. The van der Waals surface area contributed by atoms with Crippen LogP contribution in [0.4, 0.5) is 8.78 Å². The van der Waals surface area contributed by atoms with Crippen molar-refractivity contribution < 1.29 is 18.3 Å². The number of rotatable bonds is 6. The fourth-order valence-corrected chi connectivity index (χ4v) is 3.16. The first kappa shape index (κ1) is 20.6. The first-order valence-electron chi connectivity index (χ1n) is 9.33. The van der Waals surface area contributed by atoms with Crippen molar-refractivity contribution in [2.45, 2.75) is 71.8 Å². The van der Waals surface area contributed by atoms with Gasteiger partial charge in [-0.05, 0) is 31.4 Å². The number of halogens is 2. The molecular formula is C19H29F2N3O2. The molecule has 2 atom stereocenters. The standard InChI is InChI=1S/C17H23F2N3O2.C2H6/c1-3-8-22-13-7-6-11(24-17(2,18)19)10-12(13)21-16(22)15(20)14-5-4-9-23-14;1-2/h6-7,10,14-15H,3-5,8-9,20H2,1-2H3;1-2H3. The van der Waals surface area contributed by atoms with Crippen LogP contribution in [0.25, 0.3) is 11.0 Å². The molecule has 7 heteroatoms. The predicted molar refractivity (Wildman–Crippen MR) is 98.5 cm³/mol. The summed E-state index contributed by atoms with van der Waals surface area (Å²) < 4.78 is 38.5. The Kier molecular flexibility index (Phi) is 6.94. The van der Waals surface area contributed by atoms with Crippen molar-refractivity contribution in [2.24, 2.45) is 5.73 Å². The SMILES string of the molecule is CC.CCCn1c(C(N)C2CCCO2)nc2cc(OC(C)(F)F)ccc21. The monoisotopic (exact) mass is 369 g/mol. The number of nitrogens with two attached hydrogens (primary N) is 1. The molecule has 1 aliphatic rings. The lowest BCUT2D eigenvalue weighted by molar-refractivity contribution is -0.158. The van der Waals surface area contributed by atoms with Crippen LogP contribution in [0, 0.1) is 0 Å². The highest BCUT2D eigenvalue weighted by atomic mass is 19.3. The number of alkyl halides is 2. The average molecular weight is 369 g/mol. The van der Waals surface area contributed by atoms with E-state index in [9.17, 15) is 8.78 Å². The van der Waals surface area contributed by atoms with Crippen LogP contribution in [0.5, 0.6) is 5.75 Å². The first-order valence-corrected chi connectivity index (χ1v) is 9.33. The summed E-state index contributed by atoms with van der Waals surface area (Å²) in [6.45, 7) is 8.26. The minimum absolute atomic E-state index is 0.0480. The van der Waals surface area contributed by atoms with Crippen molar-refractivity contribution in [2.75, 3.05) is 6.61 Å². The maximum atomic E-state index is 13.1. The van der Waals surface area contributed by atoms with Gasteiger partial charge < -0.3 is 19.8 Å². The van der Waals surface area contributed by atoms with Crippen molar-refractivity contribution >= 4 is 11.0 Å². The summed E-state index contributed by atoms with van der Waals surface area (Å²) in [5.41, 5.74) is 7.85. The maximum Gasteiger partial charge on any atom is 0.394 e. The van der Waals surface area contributed by atoms with E-state index in [1.165, 1.54) is 12.1 Å². The highest BCUT2D eigenvalue weighted by Gasteiger charge is 2.29. The van der Waals surface area contributed by atoms with Crippen LogP contribution in [0.2, 0.25) is 0 Å². The maximum absolute atomic E-state index is 13.1. The Labute approximate surface area is 153 Å². The topological polar surface area (TPSA) is 62.3 Å². The number of fused-ring (bicyclic) bond motifs is 1. The van der Waals surface area contributed by atoms with Crippen LogP contribution < -0.4 is 10.5 Å². The molecule has 0 amide bonds. The molecule has 1 aliphatic heterocycles. The fourth-order valence-electron chi connectivity index (χ4n) is 3.16. The van der Waals surface area contributed by atoms with Crippen LogP contribution >= 0.6 is 0 Å². The lowest BCUT2D eigenvalue weighted by Gasteiger charge is -2.19. The van der Waals surface area contributed by atoms with Crippen LogP contribution in [0.15, 0.2) is 18.2 Å². The molecule has 2 N–H and O–H groups in total. The third-order valence-corrected chi connectivity index (χ3v) is 4.16. The molecule has 0 bridgehead atoms. The Balaban J connectivity index is 0.00000117. The number of aryl methyl sites for hydroxylation is 1. The summed E-state index contributed by atoms with van der Waals surface area (Å²) in [6, 6.07) is 4.49. The average Bonchev–Trinajstić information content (AvgIpc) is 3.23. The van der Waals surface area contributed by atoms with Crippen LogP contribution in [-0.2, 0) is 11.3 Å². The van der Waals surface area contributed by atoms with E-state index >= 15 is 0 Å². The Morgan fingerprint density at radius 2 is 2.15 bits per heavy atom. The van der Waals surface area contributed by atoms with Gasteiger partial charge in [-0.3, -0.25) is 0 Å². The highest BCUT2D eigenvalue weighted by Crippen LogP contribution is 2.30. The highest BCUT2D eigenvalue weighted by molar-refractivity contribution is 5.78. The molecule has 1 aromatic heterocycles. The minimum atomic E-state index is -3.23. The van der Waals surface area contributed by atoms with Gasteiger partial charge in [-0.1, -0.05) is 20.8 Å². The van der Waals surface area contributed by atoms with Gasteiger partial charge >= 0.3 is 6.11 Å². The van der Waals surface area contributed by atoms with E-state index in [0.29, 0.717) is 12.4 Å². The van der Waals surface area contributed by atoms with Gasteiger partial charge in [0.15, 0.2) is 0 Å². The normalized spacial score (nSPS) is 18.5. The van der Waals surface area contributed by atoms with Gasteiger partial charge in [0.2, 0.25) is 0 Å². The Hall–Kier alpha value is -1.73. The van der Waals surface area contributed by atoms with E-state index in [-0.39, 0.29) is 17.9 Å². The summed E-state index contributed by atoms with van der Waals surface area (Å²) in [5.74, 6) is 0.826. The quantitative estimate of drug-likeness (QED) is 0.805. The van der Waals surface area contributed by atoms with E-state index in [0.717, 1.165) is 43.8 Å². The van der Waals surface area contributed by atoms with Crippen molar-refractivity contribution in [3.63, 3.8) is 0 Å². The molecule has 3 rings (SSSR count). The molecule has 1 aromatic carbocycles. The number of hydrogen-bond acceptors (Lipinski definition) is 4. The lowest BCUT2D eigenvalue weighted by Crippen LogP contribution is -2.28. The third-order valence-electron chi connectivity index (χ3n) is 4.16. The molecule has 0 saturated carbocycles. The first-order chi connectivity index (χ1) is 12.4. The molecule has 1 fully saturated rings. The zero-order chi connectivity index (χ0) is 19.3. The van der Waals surface area contributed by atoms with Crippen molar-refractivity contribution in [1.82, 2.24) is 9.55 Å². The van der Waals surface area contributed by atoms with E-state index in [1.807, 2.05) is 13.8 Å². The molecule has 2 heterocycles. The number of imidazole rings is 1. The predicted octanol–water partition coefficient (Wildman–Crippen LogP) is 4.64. The smallest absolute Gasteiger partial charge is 0.394 e. The largest absolute Gasteiger partial charge is 0.433 e. The Morgan fingerprint density at radius 1 is 1.42 bits per heavy atom. The number of ether oxygens (including phenoxy) is 2. The molecule has 2 unspecified atom stereocenters. The summed E-state index contributed by atoms with van der Waals surface area (Å²) in [4.78, 5) is 4.60. The van der Waals surface area contributed by atoms with E-state index in [2.05, 4.69) is 21.2 Å².